The molecule has 0 saturated heterocycles. The first-order chi connectivity index (χ1) is 7.30. The first-order valence-corrected chi connectivity index (χ1v) is 6.50. The van der Waals surface area contributed by atoms with Crippen molar-refractivity contribution in [3.8, 4) is 0 Å². The summed E-state index contributed by atoms with van der Waals surface area (Å²) in [6.07, 6.45) is 0.969. The minimum absolute atomic E-state index is 0.0273. The lowest BCUT2D eigenvalue weighted by Crippen LogP contribution is -2.27. The van der Waals surface area contributed by atoms with Crippen LogP contribution in [-0.2, 0) is 21.2 Å². The molecule has 0 aliphatic heterocycles. The highest BCUT2D eigenvalue weighted by Crippen LogP contribution is 2.06. The van der Waals surface area contributed by atoms with E-state index in [0.29, 0.717) is 0 Å². The van der Waals surface area contributed by atoms with Crippen LogP contribution in [0.25, 0.3) is 0 Å². The maximum absolute atomic E-state index is 11.2. The van der Waals surface area contributed by atoms with Gasteiger partial charge in [0.15, 0.2) is 0 Å². The van der Waals surface area contributed by atoms with Gasteiger partial charge in [-0.1, -0.05) is 18.9 Å². The monoisotopic (exact) mass is 247 g/mol. The summed E-state index contributed by atoms with van der Waals surface area (Å²) >= 11 is 0. The molecule has 0 bridgehead atoms. The van der Waals surface area contributed by atoms with Crippen LogP contribution in [0.3, 0.4) is 0 Å². The molecule has 0 aliphatic rings. The largest absolute Gasteiger partial charge is 0.411 e. The van der Waals surface area contributed by atoms with Crippen molar-refractivity contribution in [2.24, 2.45) is 5.92 Å². The molecular formula is C8H13N3O4S. The fourth-order valence-corrected chi connectivity index (χ4v) is 1.26. The van der Waals surface area contributed by atoms with Crippen LogP contribution < -0.4 is 5.32 Å². The number of sulfone groups is 1. The van der Waals surface area contributed by atoms with Crippen LogP contribution in [0.1, 0.15) is 19.7 Å². The highest BCUT2D eigenvalue weighted by molar-refractivity contribution is 7.90. The zero-order valence-corrected chi connectivity index (χ0v) is 10.0. The van der Waals surface area contributed by atoms with E-state index in [0.717, 1.165) is 6.26 Å². The maximum atomic E-state index is 11.2. The fraction of sp³-hybridized carbons (Fsp3) is 0.625. The number of hydrogen-bond donors (Lipinski definition) is 1. The van der Waals surface area contributed by atoms with Crippen molar-refractivity contribution in [2.75, 3.05) is 6.26 Å². The number of hydrogen-bond acceptors (Lipinski definition) is 6. The molecule has 90 valence electrons. The molecule has 1 heterocycles. The second-order valence-corrected chi connectivity index (χ2v) is 5.50. The Labute approximate surface area is 93.2 Å². The topological polar surface area (TPSA) is 102 Å². The van der Waals surface area contributed by atoms with Gasteiger partial charge in [-0.2, -0.15) is 0 Å². The average Bonchev–Trinajstić information content (AvgIpc) is 2.61. The van der Waals surface area contributed by atoms with Gasteiger partial charge in [-0.25, -0.2) is 8.42 Å². The Balaban J connectivity index is 2.64. The fourth-order valence-electron chi connectivity index (χ4n) is 0.826. The molecule has 16 heavy (non-hydrogen) atoms. The Morgan fingerprint density at radius 3 is 2.50 bits per heavy atom. The van der Waals surface area contributed by atoms with E-state index >= 15 is 0 Å². The van der Waals surface area contributed by atoms with Crippen LogP contribution in [0.15, 0.2) is 9.64 Å². The number of nitrogens with one attached hydrogen (secondary N) is 1. The van der Waals surface area contributed by atoms with Crippen molar-refractivity contribution in [1.82, 2.24) is 15.5 Å². The molecule has 0 aromatic carbocycles. The number of rotatable bonds is 4. The molecular weight excluding hydrogens is 234 g/mol. The van der Waals surface area contributed by atoms with Crippen molar-refractivity contribution >= 4 is 15.7 Å². The van der Waals surface area contributed by atoms with Crippen LogP contribution in [0.2, 0.25) is 0 Å². The van der Waals surface area contributed by atoms with Crippen LogP contribution in [0.4, 0.5) is 0 Å². The molecule has 0 saturated carbocycles. The SMILES string of the molecule is CC(C)C(=O)NCc1nnc(S(C)(=O)=O)o1. The predicted molar refractivity (Wildman–Crippen MR) is 54.1 cm³/mol. The van der Waals surface area contributed by atoms with Gasteiger partial charge in [0.05, 0.1) is 6.54 Å². The van der Waals surface area contributed by atoms with Gasteiger partial charge in [0.1, 0.15) is 0 Å². The minimum Gasteiger partial charge on any atom is -0.411 e. The van der Waals surface area contributed by atoms with E-state index in [1.807, 2.05) is 0 Å². The molecule has 1 aromatic rings. The van der Waals surface area contributed by atoms with Crippen LogP contribution in [0.5, 0.6) is 0 Å². The van der Waals surface area contributed by atoms with E-state index in [1.165, 1.54) is 0 Å². The number of carbonyl (C=O) groups excluding carboxylic acids is 1. The van der Waals surface area contributed by atoms with Gasteiger partial charge in [0, 0.05) is 12.2 Å². The summed E-state index contributed by atoms with van der Waals surface area (Å²) in [7, 11) is -3.49. The second kappa shape index (κ2) is 4.60. The first kappa shape index (κ1) is 12.6. The standard InChI is InChI=1S/C8H13N3O4S/c1-5(2)7(12)9-4-6-10-11-8(15-6)16(3,13)14/h5H,4H2,1-3H3,(H,9,12). The van der Waals surface area contributed by atoms with Crippen molar-refractivity contribution in [3.05, 3.63) is 5.89 Å². The summed E-state index contributed by atoms with van der Waals surface area (Å²) in [4.78, 5) is 11.2. The van der Waals surface area contributed by atoms with Crippen LogP contribution in [0, 0.1) is 5.92 Å². The molecule has 0 unspecified atom stereocenters. The zero-order valence-electron chi connectivity index (χ0n) is 9.22. The lowest BCUT2D eigenvalue weighted by molar-refractivity contribution is -0.124. The number of amides is 1. The van der Waals surface area contributed by atoms with Gasteiger partial charge in [-0.05, 0) is 0 Å². The van der Waals surface area contributed by atoms with Crippen LogP contribution in [-0.4, -0.2) is 30.8 Å². The van der Waals surface area contributed by atoms with Gasteiger partial charge >= 0.3 is 5.22 Å². The lowest BCUT2D eigenvalue weighted by Gasteiger charge is -2.03. The van der Waals surface area contributed by atoms with Crippen molar-refractivity contribution in [2.45, 2.75) is 25.6 Å². The molecule has 1 rings (SSSR count). The summed E-state index contributed by atoms with van der Waals surface area (Å²) in [5.41, 5.74) is 0. The van der Waals surface area contributed by atoms with Gasteiger partial charge in [0.2, 0.25) is 21.6 Å². The molecule has 7 nitrogen and oxygen atoms in total. The predicted octanol–water partition coefficient (Wildman–Crippen LogP) is -0.255. The normalized spacial score (nSPS) is 11.8. The number of aromatic nitrogens is 2. The Hall–Kier alpha value is -1.44. The number of carbonyl (C=O) groups is 1. The zero-order chi connectivity index (χ0) is 12.3. The summed E-state index contributed by atoms with van der Waals surface area (Å²) in [5.74, 6) is -0.258. The second-order valence-electron chi connectivity index (χ2n) is 3.61. The highest BCUT2D eigenvalue weighted by atomic mass is 32.2. The van der Waals surface area contributed by atoms with Crippen LogP contribution >= 0.6 is 0 Å². The molecule has 8 heteroatoms. The minimum atomic E-state index is -3.49. The smallest absolute Gasteiger partial charge is 0.335 e. The summed E-state index contributed by atoms with van der Waals surface area (Å²) in [6.45, 7) is 3.51. The average molecular weight is 247 g/mol. The van der Waals surface area contributed by atoms with Gasteiger partial charge in [0.25, 0.3) is 0 Å². The number of nitrogens with zero attached hydrogens (tertiary/aromatic N) is 2. The molecule has 1 amide bonds. The Bertz CT molecular complexity index is 477. The Morgan fingerprint density at radius 2 is 2.06 bits per heavy atom. The quantitative estimate of drug-likeness (QED) is 0.786. The van der Waals surface area contributed by atoms with E-state index < -0.39 is 15.1 Å². The van der Waals surface area contributed by atoms with Crippen molar-refractivity contribution < 1.29 is 17.6 Å². The van der Waals surface area contributed by atoms with E-state index in [4.69, 9.17) is 4.42 Å². The first-order valence-electron chi connectivity index (χ1n) is 4.61. The molecule has 0 atom stereocenters. The summed E-state index contributed by atoms with van der Waals surface area (Å²) in [5, 5.41) is 8.95. The summed E-state index contributed by atoms with van der Waals surface area (Å²) in [6, 6.07) is 0. The molecule has 0 spiro atoms. The van der Waals surface area contributed by atoms with Gasteiger partial charge in [-0.15, -0.1) is 5.10 Å². The third kappa shape index (κ3) is 3.30. The molecule has 0 fully saturated rings. The molecule has 1 aromatic heterocycles. The van der Waals surface area contributed by atoms with Gasteiger partial charge in [-0.3, -0.25) is 4.79 Å². The van der Waals surface area contributed by atoms with Crippen molar-refractivity contribution in [1.29, 1.82) is 0 Å². The van der Waals surface area contributed by atoms with Crippen molar-refractivity contribution in [3.63, 3.8) is 0 Å². The van der Waals surface area contributed by atoms with E-state index in [9.17, 15) is 13.2 Å². The van der Waals surface area contributed by atoms with E-state index in [1.54, 1.807) is 13.8 Å². The van der Waals surface area contributed by atoms with Gasteiger partial charge < -0.3 is 9.73 Å². The third-order valence-corrected chi connectivity index (χ3v) is 2.50. The molecule has 1 N–H and O–H groups in total. The Morgan fingerprint density at radius 1 is 1.44 bits per heavy atom. The lowest BCUT2D eigenvalue weighted by atomic mass is 10.2. The highest BCUT2D eigenvalue weighted by Gasteiger charge is 2.17. The summed E-state index contributed by atoms with van der Waals surface area (Å²) < 4.78 is 26.9. The molecule has 0 aliphatic carbocycles. The van der Waals surface area contributed by atoms with E-state index in [-0.39, 0.29) is 24.3 Å². The third-order valence-electron chi connectivity index (χ3n) is 1.70. The Kier molecular flexibility index (Phi) is 3.63. The molecule has 0 radical (unpaired) electrons. The van der Waals surface area contributed by atoms with E-state index in [2.05, 4.69) is 15.5 Å². The maximum Gasteiger partial charge on any atom is 0.335 e.